The lowest BCUT2D eigenvalue weighted by Gasteiger charge is -2.25. The summed E-state index contributed by atoms with van der Waals surface area (Å²) in [4.78, 5) is 38.9. The largest absolute Gasteiger partial charge is 0.351 e. The zero-order valence-corrected chi connectivity index (χ0v) is 14.4. The Hall–Kier alpha value is -2.83. The molecule has 1 aliphatic rings. The van der Waals surface area contributed by atoms with Gasteiger partial charge in [0.15, 0.2) is 0 Å². The van der Waals surface area contributed by atoms with Crippen molar-refractivity contribution >= 4 is 11.8 Å². The quantitative estimate of drug-likeness (QED) is 0.917. The van der Waals surface area contributed by atoms with Crippen LogP contribution in [0.4, 0.5) is 0 Å². The summed E-state index contributed by atoms with van der Waals surface area (Å²) in [6.07, 6.45) is 6.79. The van der Waals surface area contributed by atoms with Crippen molar-refractivity contribution in [3.8, 4) is 0 Å². The highest BCUT2D eigenvalue weighted by Crippen LogP contribution is 2.32. The maximum absolute atomic E-state index is 12.9. The molecule has 1 saturated heterocycles. The van der Waals surface area contributed by atoms with Gasteiger partial charge in [-0.15, -0.1) is 0 Å². The average molecular weight is 339 g/mol. The average Bonchev–Trinajstić information content (AvgIpc) is 3.10. The highest BCUT2D eigenvalue weighted by molar-refractivity contribution is 5.95. The van der Waals surface area contributed by atoms with Crippen LogP contribution < -0.4 is 5.32 Å². The van der Waals surface area contributed by atoms with Gasteiger partial charge in [-0.1, -0.05) is 0 Å². The van der Waals surface area contributed by atoms with Crippen molar-refractivity contribution < 1.29 is 9.59 Å². The van der Waals surface area contributed by atoms with Gasteiger partial charge in [-0.3, -0.25) is 24.5 Å². The summed E-state index contributed by atoms with van der Waals surface area (Å²) < 4.78 is 0. The lowest BCUT2D eigenvalue weighted by Crippen LogP contribution is -2.32. The number of pyridine rings is 1. The van der Waals surface area contributed by atoms with Crippen LogP contribution in [0.3, 0.4) is 0 Å². The van der Waals surface area contributed by atoms with Crippen molar-refractivity contribution in [2.24, 2.45) is 0 Å². The van der Waals surface area contributed by atoms with Gasteiger partial charge in [0.1, 0.15) is 0 Å². The number of amides is 2. The molecule has 7 heteroatoms. The van der Waals surface area contributed by atoms with Crippen molar-refractivity contribution in [2.75, 3.05) is 6.54 Å². The molecule has 0 aromatic carbocycles. The number of carbonyl (C=O) groups is 2. The second-order valence-electron chi connectivity index (χ2n) is 6.14. The summed E-state index contributed by atoms with van der Waals surface area (Å²) in [5.41, 5.74) is 2.79. The third-order valence-electron chi connectivity index (χ3n) is 4.31. The minimum absolute atomic E-state index is 0.0258. The number of hydrogen-bond acceptors (Lipinski definition) is 5. The molecule has 3 heterocycles. The van der Waals surface area contributed by atoms with E-state index in [9.17, 15) is 9.59 Å². The van der Waals surface area contributed by atoms with Crippen molar-refractivity contribution in [3.63, 3.8) is 0 Å². The topological polar surface area (TPSA) is 88.1 Å². The van der Waals surface area contributed by atoms with Gasteiger partial charge >= 0.3 is 0 Å². The molecule has 130 valence electrons. The summed E-state index contributed by atoms with van der Waals surface area (Å²) >= 11 is 0. The van der Waals surface area contributed by atoms with E-state index in [1.165, 1.54) is 6.92 Å². The molecular formula is C18H21N5O2. The van der Waals surface area contributed by atoms with Crippen LogP contribution in [0, 0.1) is 6.92 Å². The van der Waals surface area contributed by atoms with Gasteiger partial charge in [-0.05, 0) is 31.9 Å². The number of aryl methyl sites for hydroxylation is 1. The molecule has 1 N–H and O–H groups in total. The first-order valence-electron chi connectivity index (χ1n) is 8.34. The zero-order valence-electron chi connectivity index (χ0n) is 14.4. The van der Waals surface area contributed by atoms with Crippen molar-refractivity contribution in [3.05, 3.63) is 53.4 Å². The fraction of sp³-hybridized carbons (Fsp3) is 0.389. The Morgan fingerprint density at radius 1 is 1.36 bits per heavy atom. The molecule has 1 fully saturated rings. The number of rotatable bonds is 4. The first kappa shape index (κ1) is 17.0. The van der Waals surface area contributed by atoms with E-state index in [1.807, 2.05) is 11.8 Å². The fourth-order valence-corrected chi connectivity index (χ4v) is 3.07. The molecule has 0 saturated carbocycles. The number of likely N-dealkylation sites (tertiary alicyclic amines) is 1. The molecule has 3 rings (SSSR count). The second-order valence-corrected chi connectivity index (χ2v) is 6.14. The van der Waals surface area contributed by atoms with Gasteiger partial charge < -0.3 is 10.2 Å². The molecule has 7 nitrogen and oxygen atoms in total. The first-order chi connectivity index (χ1) is 12.1. The Bertz CT molecular complexity index is 793. The minimum Gasteiger partial charge on any atom is -0.351 e. The minimum atomic E-state index is -0.114. The van der Waals surface area contributed by atoms with Crippen LogP contribution >= 0.6 is 0 Å². The van der Waals surface area contributed by atoms with Crippen LogP contribution in [0.1, 0.15) is 53.2 Å². The monoisotopic (exact) mass is 339 g/mol. The van der Waals surface area contributed by atoms with Crippen LogP contribution in [-0.2, 0) is 11.3 Å². The van der Waals surface area contributed by atoms with Crippen LogP contribution in [0.5, 0.6) is 0 Å². The highest BCUT2D eigenvalue weighted by Gasteiger charge is 2.32. The van der Waals surface area contributed by atoms with E-state index >= 15 is 0 Å². The summed E-state index contributed by atoms with van der Waals surface area (Å²) in [6, 6.07) is 3.48. The number of hydrogen-bond donors (Lipinski definition) is 1. The highest BCUT2D eigenvalue weighted by atomic mass is 16.2. The maximum Gasteiger partial charge on any atom is 0.256 e. The summed E-state index contributed by atoms with van der Waals surface area (Å²) in [6.45, 7) is 4.32. The van der Waals surface area contributed by atoms with Crippen LogP contribution in [-0.4, -0.2) is 38.2 Å². The smallest absolute Gasteiger partial charge is 0.256 e. The van der Waals surface area contributed by atoms with E-state index in [0.29, 0.717) is 24.3 Å². The molecule has 0 bridgehead atoms. The fourth-order valence-electron chi connectivity index (χ4n) is 3.07. The first-order valence-corrected chi connectivity index (χ1v) is 8.34. The Morgan fingerprint density at radius 2 is 2.20 bits per heavy atom. The number of nitrogens with one attached hydrogen (secondary N) is 1. The van der Waals surface area contributed by atoms with Crippen LogP contribution in [0.25, 0.3) is 0 Å². The SMILES string of the molecule is CC(=O)NCc1cncc(C2CCCN2C(=O)c2cccnc2C)n1. The molecule has 0 radical (unpaired) electrons. The standard InChI is InChI=1S/C18H21N5O2/c1-12-15(5-3-7-20-12)18(25)23-8-4-6-17(23)16-11-19-9-14(22-16)10-21-13(2)24/h3,5,7,9,11,17H,4,6,8,10H2,1-2H3,(H,21,24). The molecule has 1 atom stereocenters. The predicted octanol–water partition coefficient (Wildman–Crippen LogP) is 1.79. The number of carbonyl (C=O) groups excluding carboxylic acids is 2. The lowest BCUT2D eigenvalue weighted by atomic mass is 10.1. The van der Waals surface area contributed by atoms with Gasteiger partial charge in [0.05, 0.1) is 41.9 Å². The van der Waals surface area contributed by atoms with Gasteiger partial charge in [0.25, 0.3) is 5.91 Å². The number of aromatic nitrogens is 3. The lowest BCUT2D eigenvalue weighted by molar-refractivity contribution is -0.119. The van der Waals surface area contributed by atoms with E-state index in [2.05, 4.69) is 20.3 Å². The van der Waals surface area contributed by atoms with Crippen molar-refractivity contribution in [1.29, 1.82) is 0 Å². The third kappa shape index (κ3) is 3.81. The Kier molecular flexibility index (Phi) is 5.02. The van der Waals surface area contributed by atoms with Crippen molar-refractivity contribution in [2.45, 2.75) is 39.3 Å². The van der Waals surface area contributed by atoms with Crippen LogP contribution in [0.15, 0.2) is 30.7 Å². The van der Waals surface area contributed by atoms with Gasteiger partial charge in [0, 0.05) is 25.4 Å². The van der Waals surface area contributed by atoms with Crippen LogP contribution in [0.2, 0.25) is 0 Å². The molecule has 25 heavy (non-hydrogen) atoms. The van der Waals surface area contributed by atoms with E-state index in [1.54, 1.807) is 30.7 Å². The van der Waals surface area contributed by atoms with E-state index < -0.39 is 0 Å². The van der Waals surface area contributed by atoms with Gasteiger partial charge in [-0.25, -0.2) is 0 Å². The molecule has 2 amide bonds. The Balaban J connectivity index is 1.82. The summed E-state index contributed by atoms with van der Waals surface area (Å²) in [5, 5.41) is 2.72. The van der Waals surface area contributed by atoms with Gasteiger partial charge in [0.2, 0.25) is 5.91 Å². The third-order valence-corrected chi connectivity index (χ3v) is 4.31. The van der Waals surface area contributed by atoms with Crippen molar-refractivity contribution in [1.82, 2.24) is 25.2 Å². The van der Waals surface area contributed by atoms with E-state index in [4.69, 9.17) is 0 Å². The number of nitrogens with zero attached hydrogens (tertiary/aromatic N) is 4. The van der Waals surface area contributed by atoms with E-state index in [-0.39, 0.29) is 17.9 Å². The van der Waals surface area contributed by atoms with Gasteiger partial charge in [-0.2, -0.15) is 0 Å². The molecule has 2 aromatic rings. The normalized spacial score (nSPS) is 16.7. The van der Waals surface area contributed by atoms with E-state index in [0.717, 1.165) is 24.2 Å². The molecule has 1 unspecified atom stereocenters. The molecule has 0 spiro atoms. The predicted molar refractivity (Wildman–Crippen MR) is 91.5 cm³/mol. The maximum atomic E-state index is 12.9. The zero-order chi connectivity index (χ0) is 17.8. The summed E-state index contributed by atoms with van der Waals surface area (Å²) in [5.74, 6) is -0.140. The summed E-state index contributed by atoms with van der Waals surface area (Å²) in [7, 11) is 0. The Morgan fingerprint density at radius 3 is 2.96 bits per heavy atom. The molecule has 2 aromatic heterocycles. The molecular weight excluding hydrogens is 318 g/mol. The molecule has 0 aliphatic carbocycles. The molecule has 1 aliphatic heterocycles. The second kappa shape index (κ2) is 7.38. The Labute approximate surface area is 146 Å².